The van der Waals surface area contributed by atoms with E-state index in [0.29, 0.717) is 24.4 Å². The van der Waals surface area contributed by atoms with Crippen molar-refractivity contribution in [2.45, 2.75) is 12.8 Å². The molecule has 3 aromatic rings. The van der Waals surface area contributed by atoms with E-state index >= 15 is 0 Å². The van der Waals surface area contributed by atoms with Crippen LogP contribution < -0.4 is 5.32 Å². The first-order valence-electron chi connectivity index (χ1n) is 10.2. The number of aliphatic hydroxyl groups is 1. The SMILES string of the molecule is O=C(NCCc1ccccc1)C1=C(O)c2ccccc2C1=NCCc1ccccc1. The molecule has 0 radical (unpaired) electrons. The van der Waals surface area contributed by atoms with Crippen LogP contribution in [0.4, 0.5) is 0 Å². The van der Waals surface area contributed by atoms with Gasteiger partial charge < -0.3 is 10.4 Å². The lowest BCUT2D eigenvalue weighted by Crippen LogP contribution is -2.30. The van der Waals surface area contributed by atoms with E-state index in [-0.39, 0.29) is 17.2 Å². The summed E-state index contributed by atoms with van der Waals surface area (Å²) in [6.45, 7) is 1.04. The van der Waals surface area contributed by atoms with Crippen LogP contribution in [0, 0.1) is 0 Å². The highest BCUT2D eigenvalue weighted by molar-refractivity contribution is 6.35. The zero-order chi connectivity index (χ0) is 20.8. The Hall–Kier alpha value is -3.66. The highest BCUT2D eigenvalue weighted by Crippen LogP contribution is 2.31. The number of carbonyl (C=O) groups excluding carboxylic acids is 1. The Labute approximate surface area is 176 Å². The molecule has 0 saturated carbocycles. The number of hydrogen-bond acceptors (Lipinski definition) is 3. The molecular formula is C26H24N2O2. The number of rotatable bonds is 7. The van der Waals surface area contributed by atoms with Crippen molar-refractivity contribution >= 4 is 17.4 Å². The van der Waals surface area contributed by atoms with Crippen molar-refractivity contribution in [3.63, 3.8) is 0 Å². The molecule has 0 fully saturated rings. The summed E-state index contributed by atoms with van der Waals surface area (Å²) in [4.78, 5) is 17.7. The Bertz CT molecular complexity index is 1090. The number of amides is 1. The second-order valence-corrected chi connectivity index (χ2v) is 7.23. The fourth-order valence-electron chi connectivity index (χ4n) is 3.65. The molecule has 0 aliphatic heterocycles. The third-order valence-corrected chi connectivity index (χ3v) is 5.19. The maximum absolute atomic E-state index is 12.9. The fourth-order valence-corrected chi connectivity index (χ4v) is 3.65. The molecule has 0 bridgehead atoms. The molecule has 4 heteroatoms. The number of aliphatic hydroxyl groups excluding tert-OH is 1. The largest absolute Gasteiger partial charge is 0.506 e. The summed E-state index contributed by atoms with van der Waals surface area (Å²) < 4.78 is 0. The van der Waals surface area contributed by atoms with Crippen LogP contribution in [0.15, 0.2) is 95.5 Å². The normalized spacial score (nSPS) is 14.1. The van der Waals surface area contributed by atoms with Gasteiger partial charge in [0, 0.05) is 24.2 Å². The van der Waals surface area contributed by atoms with Crippen molar-refractivity contribution in [1.29, 1.82) is 0 Å². The average molecular weight is 396 g/mol. The molecule has 0 spiro atoms. The molecule has 4 rings (SSSR count). The molecule has 0 heterocycles. The summed E-state index contributed by atoms with van der Waals surface area (Å²) in [6, 6.07) is 27.6. The summed E-state index contributed by atoms with van der Waals surface area (Å²) in [6.07, 6.45) is 1.50. The van der Waals surface area contributed by atoms with Gasteiger partial charge in [-0.25, -0.2) is 0 Å². The zero-order valence-electron chi connectivity index (χ0n) is 16.7. The molecule has 150 valence electrons. The topological polar surface area (TPSA) is 61.7 Å². The van der Waals surface area contributed by atoms with E-state index in [1.165, 1.54) is 5.56 Å². The minimum Gasteiger partial charge on any atom is -0.506 e. The van der Waals surface area contributed by atoms with Crippen LogP contribution in [0.5, 0.6) is 0 Å². The molecule has 30 heavy (non-hydrogen) atoms. The van der Waals surface area contributed by atoms with Gasteiger partial charge in [0.05, 0.1) is 5.71 Å². The van der Waals surface area contributed by atoms with Gasteiger partial charge in [-0.1, -0.05) is 84.9 Å². The van der Waals surface area contributed by atoms with E-state index < -0.39 is 0 Å². The summed E-state index contributed by atoms with van der Waals surface area (Å²) in [5.74, 6) is -0.292. The molecule has 3 aromatic carbocycles. The maximum atomic E-state index is 12.9. The third-order valence-electron chi connectivity index (χ3n) is 5.19. The van der Waals surface area contributed by atoms with Crippen molar-refractivity contribution in [3.8, 4) is 0 Å². The van der Waals surface area contributed by atoms with Gasteiger partial charge in [-0.15, -0.1) is 0 Å². The Morgan fingerprint density at radius 2 is 1.33 bits per heavy atom. The van der Waals surface area contributed by atoms with Crippen LogP contribution in [-0.4, -0.2) is 29.8 Å². The molecule has 0 atom stereocenters. The molecular weight excluding hydrogens is 372 g/mol. The molecule has 0 aromatic heterocycles. The van der Waals surface area contributed by atoms with Gasteiger partial charge in [0.1, 0.15) is 11.3 Å². The van der Waals surface area contributed by atoms with E-state index in [4.69, 9.17) is 4.99 Å². The van der Waals surface area contributed by atoms with Gasteiger partial charge >= 0.3 is 0 Å². The van der Waals surface area contributed by atoms with Crippen LogP contribution in [0.25, 0.3) is 5.76 Å². The molecule has 4 nitrogen and oxygen atoms in total. The van der Waals surface area contributed by atoms with Crippen molar-refractivity contribution in [3.05, 3.63) is 113 Å². The summed E-state index contributed by atoms with van der Waals surface area (Å²) >= 11 is 0. The smallest absolute Gasteiger partial charge is 0.257 e. The Balaban J connectivity index is 1.51. The van der Waals surface area contributed by atoms with Crippen LogP contribution in [-0.2, 0) is 17.6 Å². The standard InChI is InChI=1S/C26H24N2O2/c29-25-22-14-8-7-13-21(22)24(27-17-15-19-9-3-1-4-10-19)23(25)26(30)28-18-16-20-11-5-2-6-12-20/h1-14,29H,15-18H2,(H,28,30). The van der Waals surface area contributed by atoms with Gasteiger partial charge in [-0.3, -0.25) is 9.79 Å². The number of fused-ring (bicyclic) bond motifs is 1. The molecule has 0 saturated heterocycles. The second kappa shape index (κ2) is 9.23. The number of carbonyl (C=O) groups is 1. The third kappa shape index (κ3) is 4.33. The number of hydrogen-bond donors (Lipinski definition) is 2. The predicted molar refractivity (Wildman–Crippen MR) is 121 cm³/mol. The monoisotopic (exact) mass is 396 g/mol. The highest BCUT2D eigenvalue weighted by Gasteiger charge is 2.31. The van der Waals surface area contributed by atoms with Crippen LogP contribution in [0.3, 0.4) is 0 Å². The van der Waals surface area contributed by atoms with E-state index in [1.54, 1.807) is 0 Å². The van der Waals surface area contributed by atoms with Crippen LogP contribution in [0.1, 0.15) is 22.3 Å². The highest BCUT2D eigenvalue weighted by atomic mass is 16.3. The molecule has 1 aliphatic rings. The summed E-state index contributed by atoms with van der Waals surface area (Å²) in [5, 5.41) is 13.7. The minimum absolute atomic E-state index is 0.00118. The minimum atomic E-state index is -0.293. The van der Waals surface area contributed by atoms with Gasteiger partial charge in [-0.05, 0) is 24.0 Å². The molecule has 2 N–H and O–H groups in total. The van der Waals surface area contributed by atoms with E-state index in [9.17, 15) is 9.90 Å². The lowest BCUT2D eigenvalue weighted by atomic mass is 10.1. The van der Waals surface area contributed by atoms with Crippen LogP contribution in [0.2, 0.25) is 0 Å². The number of benzene rings is 3. The van der Waals surface area contributed by atoms with Gasteiger partial charge in [0.2, 0.25) is 0 Å². The second-order valence-electron chi connectivity index (χ2n) is 7.23. The molecule has 0 unspecified atom stereocenters. The molecule has 1 amide bonds. The first kappa shape index (κ1) is 19.6. The summed E-state index contributed by atoms with van der Waals surface area (Å²) in [5.41, 5.74) is 4.63. The van der Waals surface area contributed by atoms with Gasteiger partial charge in [0.25, 0.3) is 5.91 Å². The summed E-state index contributed by atoms with van der Waals surface area (Å²) in [7, 11) is 0. The number of nitrogens with zero attached hydrogens (tertiary/aromatic N) is 1. The fraction of sp³-hybridized carbons (Fsp3) is 0.154. The zero-order valence-corrected chi connectivity index (χ0v) is 16.7. The van der Waals surface area contributed by atoms with Crippen LogP contribution >= 0.6 is 0 Å². The van der Waals surface area contributed by atoms with E-state index in [1.807, 2.05) is 72.8 Å². The van der Waals surface area contributed by atoms with Crippen molar-refractivity contribution in [2.75, 3.05) is 13.1 Å². The van der Waals surface area contributed by atoms with Crippen molar-refractivity contribution < 1.29 is 9.90 Å². The Morgan fingerprint density at radius 3 is 2.00 bits per heavy atom. The Kier molecular flexibility index (Phi) is 6.04. The lowest BCUT2D eigenvalue weighted by Gasteiger charge is -2.09. The van der Waals surface area contributed by atoms with E-state index in [2.05, 4.69) is 17.4 Å². The van der Waals surface area contributed by atoms with E-state index in [0.717, 1.165) is 24.0 Å². The predicted octanol–water partition coefficient (Wildman–Crippen LogP) is 4.36. The average Bonchev–Trinajstić information content (AvgIpc) is 3.07. The Morgan fingerprint density at radius 1 is 0.767 bits per heavy atom. The first-order chi connectivity index (χ1) is 14.7. The quantitative estimate of drug-likeness (QED) is 0.623. The maximum Gasteiger partial charge on any atom is 0.257 e. The number of aliphatic imine (C=N–C) groups is 1. The first-order valence-corrected chi connectivity index (χ1v) is 10.2. The van der Waals surface area contributed by atoms with Crippen molar-refractivity contribution in [1.82, 2.24) is 5.32 Å². The molecule has 1 aliphatic carbocycles. The lowest BCUT2D eigenvalue weighted by molar-refractivity contribution is -0.116. The van der Waals surface area contributed by atoms with Crippen molar-refractivity contribution in [2.24, 2.45) is 4.99 Å². The van der Waals surface area contributed by atoms with Gasteiger partial charge in [0.15, 0.2) is 0 Å². The number of nitrogens with one attached hydrogen (secondary N) is 1. The van der Waals surface area contributed by atoms with Gasteiger partial charge in [-0.2, -0.15) is 0 Å².